The number of carbonyl (C=O) groups excluding carboxylic acids is 1. The number of aromatic nitrogens is 2. The summed E-state index contributed by atoms with van der Waals surface area (Å²) in [5.74, 6) is -0.177. The largest absolute Gasteiger partial charge is 0.321 e. The third-order valence-corrected chi connectivity index (χ3v) is 7.78. The zero-order chi connectivity index (χ0) is 19.9. The molecule has 1 aliphatic heterocycles. The van der Waals surface area contributed by atoms with Crippen molar-refractivity contribution in [2.75, 3.05) is 16.8 Å². The van der Waals surface area contributed by atoms with Crippen molar-refractivity contribution in [3.8, 4) is 10.6 Å². The second-order valence-corrected chi connectivity index (χ2v) is 10.4. The number of hydrogen-bond acceptors (Lipinski definition) is 5. The van der Waals surface area contributed by atoms with Gasteiger partial charge in [0.2, 0.25) is 0 Å². The van der Waals surface area contributed by atoms with Gasteiger partial charge in [-0.1, -0.05) is 23.7 Å². The van der Waals surface area contributed by atoms with E-state index in [4.69, 9.17) is 11.6 Å². The zero-order valence-electron chi connectivity index (χ0n) is 15.1. The summed E-state index contributed by atoms with van der Waals surface area (Å²) in [5, 5.41) is 9.77. The highest BCUT2D eigenvalue weighted by Gasteiger charge is 2.32. The summed E-state index contributed by atoms with van der Waals surface area (Å²) in [6.07, 6.45) is 0.497. The average molecular weight is 436 g/mol. The van der Waals surface area contributed by atoms with E-state index in [9.17, 15) is 13.2 Å². The van der Waals surface area contributed by atoms with E-state index in [1.165, 1.54) is 11.3 Å². The first kappa shape index (κ1) is 19.2. The number of rotatable bonds is 4. The van der Waals surface area contributed by atoms with Crippen LogP contribution in [0.15, 0.2) is 41.8 Å². The van der Waals surface area contributed by atoms with Crippen LogP contribution in [0.5, 0.6) is 0 Å². The first-order valence-corrected chi connectivity index (χ1v) is 11.8. The Hall–Kier alpha value is -2.16. The number of nitrogens with one attached hydrogen (secondary N) is 1. The molecule has 1 N–H and O–H groups in total. The topological polar surface area (TPSA) is 81.1 Å². The van der Waals surface area contributed by atoms with E-state index >= 15 is 0 Å². The van der Waals surface area contributed by atoms with Crippen molar-refractivity contribution in [2.45, 2.75) is 19.4 Å². The molecule has 1 amide bonds. The molecule has 1 aromatic carbocycles. The van der Waals surface area contributed by atoms with Gasteiger partial charge in [0, 0.05) is 10.7 Å². The lowest BCUT2D eigenvalue weighted by Gasteiger charge is -2.12. The molecule has 1 fully saturated rings. The average Bonchev–Trinajstić information content (AvgIpc) is 3.36. The molecular weight excluding hydrogens is 418 g/mol. The molecule has 1 saturated heterocycles. The molecule has 0 spiro atoms. The number of halogens is 1. The first-order chi connectivity index (χ1) is 13.3. The number of benzene rings is 1. The number of aryl methyl sites for hydroxylation is 1. The maximum absolute atomic E-state index is 12.7. The molecule has 6 nitrogen and oxygen atoms in total. The van der Waals surface area contributed by atoms with Crippen molar-refractivity contribution in [1.29, 1.82) is 0 Å². The smallest absolute Gasteiger partial charge is 0.276 e. The van der Waals surface area contributed by atoms with Crippen LogP contribution in [0.3, 0.4) is 0 Å². The molecule has 2 aromatic heterocycles. The van der Waals surface area contributed by atoms with Crippen molar-refractivity contribution in [3.63, 3.8) is 0 Å². The minimum atomic E-state index is -3.07. The summed E-state index contributed by atoms with van der Waals surface area (Å²) >= 11 is 7.65. The van der Waals surface area contributed by atoms with Gasteiger partial charge in [-0.15, -0.1) is 11.3 Å². The predicted molar refractivity (Wildman–Crippen MR) is 112 cm³/mol. The first-order valence-electron chi connectivity index (χ1n) is 8.74. The molecule has 4 rings (SSSR count). The van der Waals surface area contributed by atoms with E-state index in [1.54, 1.807) is 22.9 Å². The molecule has 3 aromatic rings. The highest BCUT2D eigenvalue weighted by molar-refractivity contribution is 7.91. The van der Waals surface area contributed by atoms with Crippen LogP contribution in [0.25, 0.3) is 10.6 Å². The second kappa shape index (κ2) is 7.35. The molecule has 3 heterocycles. The Kier molecular flexibility index (Phi) is 5.03. The summed E-state index contributed by atoms with van der Waals surface area (Å²) in [6.45, 7) is 1.89. The van der Waals surface area contributed by atoms with Crippen molar-refractivity contribution in [1.82, 2.24) is 9.78 Å². The fourth-order valence-corrected chi connectivity index (χ4v) is 5.83. The number of amides is 1. The van der Waals surface area contributed by atoms with E-state index in [0.717, 1.165) is 16.1 Å². The third-order valence-electron chi connectivity index (χ3n) is 4.73. The Labute approximate surface area is 172 Å². The molecule has 0 aliphatic carbocycles. The minimum absolute atomic E-state index is 0.0433. The Bertz CT molecular complexity index is 1140. The lowest BCUT2D eigenvalue weighted by Crippen LogP contribution is -2.16. The molecule has 0 saturated carbocycles. The van der Waals surface area contributed by atoms with Crippen molar-refractivity contribution >= 4 is 44.4 Å². The second-order valence-electron chi connectivity index (χ2n) is 6.81. The Balaban J connectivity index is 1.67. The molecule has 9 heteroatoms. The summed E-state index contributed by atoms with van der Waals surface area (Å²) in [6, 6.07) is 10.6. The number of thiophene rings is 1. The monoisotopic (exact) mass is 435 g/mol. The van der Waals surface area contributed by atoms with Gasteiger partial charge < -0.3 is 5.32 Å². The highest BCUT2D eigenvalue weighted by Crippen LogP contribution is 2.32. The van der Waals surface area contributed by atoms with Crippen LogP contribution in [-0.2, 0) is 9.84 Å². The van der Waals surface area contributed by atoms with Crippen LogP contribution in [0.2, 0.25) is 5.02 Å². The van der Waals surface area contributed by atoms with Gasteiger partial charge in [-0.2, -0.15) is 5.10 Å². The van der Waals surface area contributed by atoms with E-state index < -0.39 is 9.84 Å². The van der Waals surface area contributed by atoms with Gasteiger partial charge in [-0.25, -0.2) is 8.42 Å². The lowest BCUT2D eigenvalue weighted by molar-refractivity contribution is 0.102. The summed E-state index contributed by atoms with van der Waals surface area (Å²) < 4.78 is 25.5. The van der Waals surface area contributed by atoms with Crippen LogP contribution < -0.4 is 5.32 Å². The van der Waals surface area contributed by atoms with Gasteiger partial charge in [0.25, 0.3) is 5.91 Å². The summed E-state index contributed by atoms with van der Waals surface area (Å²) in [5.41, 5.74) is 2.50. The molecule has 0 radical (unpaired) electrons. The van der Waals surface area contributed by atoms with E-state index in [1.807, 2.05) is 30.5 Å². The molecular formula is C19H18ClN3O3S2. The van der Waals surface area contributed by atoms with Gasteiger partial charge in [-0.3, -0.25) is 9.48 Å². The summed E-state index contributed by atoms with van der Waals surface area (Å²) in [4.78, 5) is 13.7. The van der Waals surface area contributed by atoms with Crippen molar-refractivity contribution in [2.24, 2.45) is 0 Å². The number of carbonyl (C=O) groups is 1. The minimum Gasteiger partial charge on any atom is -0.321 e. The van der Waals surface area contributed by atoms with Gasteiger partial charge in [-0.05, 0) is 48.6 Å². The standard InChI is InChI=1S/C19H18ClN3O3S2/c1-12-4-5-13(9-15(12)20)21-19(24)16-10-17(18-3-2-7-27-18)23(22-16)14-6-8-28(25,26)11-14/h2-5,7,9-10,14H,6,8,11H2,1H3,(H,21,24)/t14-/m0/s1. The van der Waals surface area contributed by atoms with Gasteiger partial charge in [0.1, 0.15) is 0 Å². The molecule has 1 aliphatic rings. The number of hydrogen-bond donors (Lipinski definition) is 1. The van der Waals surface area contributed by atoms with Crippen LogP contribution in [-0.4, -0.2) is 35.6 Å². The Morgan fingerprint density at radius 3 is 2.79 bits per heavy atom. The van der Waals surface area contributed by atoms with E-state index in [0.29, 0.717) is 17.1 Å². The molecule has 0 bridgehead atoms. The zero-order valence-corrected chi connectivity index (χ0v) is 17.4. The van der Waals surface area contributed by atoms with Crippen LogP contribution >= 0.6 is 22.9 Å². The van der Waals surface area contributed by atoms with Crippen LogP contribution in [0, 0.1) is 6.92 Å². The fraction of sp³-hybridized carbons (Fsp3) is 0.263. The molecule has 28 heavy (non-hydrogen) atoms. The number of anilines is 1. The third kappa shape index (κ3) is 3.85. The maximum Gasteiger partial charge on any atom is 0.276 e. The molecule has 0 unspecified atom stereocenters. The van der Waals surface area contributed by atoms with Gasteiger partial charge in [0.05, 0.1) is 28.1 Å². The lowest BCUT2D eigenvalue weighted by atomic mass is 10.2. The molecule has 1 atom stereocenters. The highest BCUT2D eigenvalue weighted by atomic mass is 35.5. The molecule has 146 valence electrons. The predicted octanol–water partition coefficient (Wildman–Crippen LogP) is 4.19. The normalized spacial score (nSPS) is 18.3. The van der Waals surface area contributed by atoms with Gasteiger partial charge in [0.15, 0.2) is 15.5 Å². The van der Waals surface area contributed by atoms with E-state index in [2.05, 4.69) is 10.4 Å². The van der Waals surface area contributed by atoms with Crippen LogP contribution in [0.1, 0.15) is 28.5 Å². The number of nitrogens with zero attached hydrogens (tertiary/aromatic N) is 2. The SMILES string of the molecule is Cc1ccc(NC(=O)c2cc(-c3cccs3)n([C@H]3CCS(=O)(=O)C3)n2)cc1Cl. The van der Waals surface area contributed by atoms with Crippen molar-refractivity contribution in [3.05, 3.63) is 58.1 Å². The Morgan fingerprint density at radius 1 is 1.32 bits per heavy atom. The Morgan fingerprint density at radius 2 is 2.14 bits per heavy atom. The summed E-state index contributed by atoms with van der Waals surface area (Å²) in [7, 11) is -3.07. The van der Waals surface area contributed by atoms with Gasteiger partial charge >= 0.3 is 0 Å². The fourth-order valence-electron chi connectivity index (χ4n) is 3.23. The van der Waals surface area contributed by atoms with Crippen LogP contribution in [0.4, 0.5) is 5.69 Å². The van der Waals surface area contributed by atoms with E-state index in [-0.39, 0.29) is 29.1 Å². The maximum atomic E-state index is 12.7. The van der Waals surface area contributed by atoms with Crippen molar-refractivity contribution < 1.29 is 13.2 Å². The quantitative estimate of drug-likeness (QED) is 0.666. The number of sulfone groups is 1.